The van der Waals surface area contributed by atoms with Gasteiger partial charge in [0.05, 0.1) is 12.5 Å². The quantitative estimate of drug-likeness (QED) is 0.510. The summed E-state index contributed by atoms with van der Waals surface area (Å²) >= 11 is 0. The van der Waals surface area contributed by atoms with Crippen LogP contribution in [0.1, 0.15) is 50.2 Å². The van der Waals surface area contributed by atoms with E-state index in [1.165, 1.54) is 6.08 Å². The van der Waals surface area contributed by atoms with E-state index in [0.717, 1.165) is 43.2 Å². The standard InChI is InChI=1S/C25H29NO5/c1-25(15-7-4-8-16-25)24(28)31-26-23(27)14-12-19-11-13-21(22(17-19)29-2)30-18-20-9-5-3-6-10-20/h3,5-6,9-14,17H,4,7-8,15-16,18H2,1-2H3,(H,26,27)/b14-12+. The zero-order chi connectivity index (χ0) is 22.1. The smallest absolute Gasteiger partial charge is 0.338 e. The van der Waals surface area contributed by atoms with Gasteiger partial charge in [0.15, 0.2) is 11.5 Å². The van der Waals surface area contributed by atoms with Crippen molar-refractivity contribution in [1.82, 2.24) is 5.48 Å². The van der Waals surface area contributed by atoms with E-state index in [9.17, 15) is 9.59 Å². The van der Waals surface area contributed by atoms with Gasteiger partial charge in [-0.2, -0.15) is 5.48 Å². The van der Waals surface area contributed by atoms with Crippen LogP contribution in [-0.4, -0.2) is 19.0 Å². The first-order valence-electron chi connectivity index (χ1n) is 10.5. The van der Waals surface area contributed by atoms with Crippen molar-refractivity contribution in [3.05, 3.63) is 65.7 Å². The van der Waals surface area contributed by atoms with Gasteiger partial charge in [0, 0.05) is 6.08 Å². The van der Waals surface area contributed by atoms with Crippen LogP contribution in [0.3, 0.4) is 0 Å². The van der Waals surface area contributed by atoms with Gasteiger partial charge in [0.2, 0.25) is 0 Å². The molecule has 6 heteroatoms. The summed E-state index contributed by atoms with van der Waals surface area (Å²) in [4.78, 5) is 29.4. The second-order valence-electron chi connectivity index (χ2n) is 8.00. The van der Waals surface area contributed by atoms with Crippen molar-refractivity contribution in [2.24, 2.45) is 5.41 Å². The highest BCUT2D eigenvalue weighted by atomic mass is 16.7. The van der Waals surface area contributed by atoms with Crippen LogP contribution in [0, 0.1) is 5.41 Å². The molecule has 1 saturated carbocycles. The van der Waals surface area contributed by atoms with Crippen LogP contribution in [0.4, 0.5) is 0 Å². The predicted molar refractivity (Wildman–Crippen MR) is 118 cm³/mol. The highest BCUT2D eigenvalue weighted by Crippen LogP contribution is 2.36. The summed E-state index contributed by atoms with van der Waals surface area (Å²) in [5.74, 6) is 0.296. The summed E-state index contributed by atoms with van der Waals surface area (Å²) in [6, 6.07) is 15.2. The van der Waals surface area contributed by atoms with E-state index >= 15 is 0 Å². The third kappa shape index (κ3) is 6.35. The molecule has 0 heterocycles. The maximum Gasteiger partial charge on any atom is 0.338 e. The molecule has 0 aromatic heterocycles. The second kappa shape index (κ2) is 10.7. The summed E-state index contributed by atoms with van der Waals surface area (Å²) in [7, 11) is 1.57. The Morgan fingerprint density at radius 1 is 1.03 bits per heavy atom. The average Bonchev–Trinajstić information content (AvgIpc) is 2.81. The van der Waals surface area contributed by atoms with E-state index in [1.807, 2.05) is 43.3 Å². The molecule has 2 aromatic carbocycles. The molecule has 0 radical (unpaired) electrons. The van der Waals surface area contributed by atoms with Gasteiger partial charge in [-0.15, -0.1) is 0 Å². The molecule has 164 valence electrons. The van der Waals surface area contributed by atoms with E-state index in [1.54, 1.807) is 25.3 Å². The minimum Gasteiger partial charge on any atom is -0.493 e. The van der Waals surface area contributed by atoms with E-state index in [4.69, 9.17) is 14.3 Å². The molecule has 3 rings (SSSR count). The van der Waals surface area contributed by atoms with Crippen LogP contribution in [0.15, 0.2) is 54.6 Å². The van der Waals surface area contributed by atoms with Gasteiger partial charge >= 0.3 is 5.97 Å². The Bertz CT molecular complexity index is 917. The fourth-order valence-corrected chi connectivity index (χ4v) is 3.60. The third-order valence-electron chi connectivity index (χ3n) is 5.55. The Morgan fingerprint density at radius 2 is 1.77 bits per heavy atom. The molecule has 2 aromatic rings. The van der Waals surface area contributed by atoms with Crippen molar-refractivity contribution in [2.75, 3.05) is 7.11 Å². The van der Waals surface area contributed by atoms with E-state index in [-0.39, 0.29) is 5.97 Å². The van der Waals surface area contributed by atoms with Crippen molar-refractivity contribution in [3.63, 3.8) is 0 Å². The van der Waals surface area contributed by atoms with Crippen molar-refractivity contribution in [3.8, 4) is 11.5 Å². The molecule has 1 amide bonds. The first-order chi connectivity index (χ1) is 15.0. The van der Waals surface area contributed by atoms with Gasteiger partial charge in [0.25, 0.3) is 5.91 Å². The van der Waals surface area contributed by atoms with Crippen LogP contribution >= 0.6 is 0 Å². The molecule has 1 aliphatic carbocycles. The zero-order valence-electron chi connectivity index (χ0n) is 18.1. The van der Waals surface area contributed by atoms with E-state index < -0.39 is 11.3 Å². The Hall–Kier alpha value is -3.28. The molecule has 31 heavy (non-hydrogen) atoms. The number of benzene rings is 2. The van der Waals surface area contributed by atoms with Crippen LogP contribution < -0.4 is 15.0 Å². The third-order valence-corrected chi connectivity index (χ3v) is 5.55. The number of nitrogens with one attached hydrogen (secondary N) is 1. The molecule has 0 bridgehead atoms. The number of amides is 1. The molecule has 0 saturated heterocycles. The van der Waals surface area contributed by atoms with Gasteiger partial charge in [-0.05, 0) is 49.1 Å². The Labute approximate surface area is 183 Å². The van der Waals surface area contributed by atoms with Gasteiger partial charge in [-0.1, -0.05) is 55.7 Å². The van der Waals surface area contributed by atoms with Crippen LogP contribution in [-0.2, 0) is 21.0 Å². The van der Waals surface area contributed by atoms with Gasteiger partial charge in [-0.25, -0.2) is 4.79 Å². The minimum absolute atomic E-state index is 0.379. The zero-order valence-corrected chi connectivity index (χ0v) is 18.1. The Balaban J connectivity index is 1.53. The average molecular weight is 424 g/mol. The van der Waals surface area contributed by atoms with E-state index in [2.05, 4.69) is 5.48 Å². The number of hydrogen-bond acceptors (Lipinski definition) is 5. The summed E-state index contributed by atoms with van der Waals surface area (Å²) in [6.07, 6.45) is 7.66. The Kier molecular flexibility index (Phi) is 7.70. The number of methoxy groups -OCH3 is 1. The van der Waals surface area contributed by atoms with Gasteiger partial charge in [0.1, 0.15) is 6.61 Å². The molecule has 1 aliphatic rings. The maximum atomic E-state index is 12.3. The molecule has 6 nitrogen and oxygen atoms in total. The Morgan fingerprint density at radius 3 is 2.48 bits per heavy atom. The number of carbonyl (C=O) groups excluding carboxylic acids is 2. The SMILES string of the molecule is COc1cc(/C=C/C(=O)NOC(=O)C2(C)CCCCC2)ccc1OCc1ccccc1. The molecule has 1 fully saturated rings. The minimum atomic E-state index is -0.516. The molecular weight excluding hydrogens is 394 g/mol. The first-order valence-corrected chi connectivity index (χ1v) is 10.5. The molecular formula is C25H29NO5. The highest BCUT2D eigenvalue weighted by Gasteiger charge is 2.36. The summed E-state index contributed by atoms with van der Waals surface area (Å²) in [5, 5.41) is 0. The number of rotatable bonds is 7. The second-order valence-corrected chi connectivity index (χ2v) is 8.00. The van der Waals surface area contributed by atoms with Crippen molar-refractivity contribution >= 4 is 18.0 Å². The monoisotopic (exact) mass is 423 g/mol. The van der Waals surface area contributed by atoms with Crippen molar-refractivity contribution in [2.45, 2.75) is 45.6 Å². The molecule has 1 N–H and O–H groups in total. The predicted octanol–water partition coefficient (Wildman–Crippen LogP) is 4.83. The number of hydroxylamine groups is 1. The van der Waals surface area contributed by atoms with Crippen LogP contribution in [0.2, 0.25) is 0 Å². The molecule has 0 aliphatic heterocycles. The maximum absolute atomic E-state index is 12.3. The fraction of sp³-hybridized carbons (Fsp3) is 0.360. The first kappa shape index (κ1) is 22.4. The lowest BCUT2D eigenvalue weighted by molar-refractivity contribution is -0.168. The lowest BCUT2D eigenvalue weighted by atomic mass is 9.76. The number of carbonyl (C=O) groups is 2. The summed E-state index contributed by atoms with van der Waals surface area (Å²) < 4.78 is 11.3. The lowest BCUT2D eigenvalue weighted by Gasteiger charge is -2.30. The fourth-order valence-electron chi connectivity index (χ4n) is 3.60. The summed E-state index contributed by atoms with van der Waals surface area (Å²) in [6.45, 7) is 2.32. The molecule has 0 spiro atoms. The van der Waals surface area contributed by atoms with Crippen molar-refractivity contribution < 1.29 is 23.9 Å². The van der Waals surface area contributed by atoms with Gasteiger partial charge < -0.3 is 14.3 Å². The van der Waals surface area contributed by atoms with E-state index in [0.29, 0.717) is 18.1 Å². The van der Waals surface area contributed by atoms with Crippen LogP contribution in [0.5, 0.6) is 11.5 Å². The highest BCUT2D eigenvalue weighted by molar-refractivity contribution is 5.92. The van der Waals surface area contributed by atoms with Crippen molar-refractivity contribution in [1.29, 1.82) is 0 Å². The normalized spacial score (nSPS) is 15.3. The number of ether oxygens (including phenoxy) is 2. The summed E-state index contributed by atoms with van der Waals surface area (Å²) in [5.41, 5.74) is 3.52. The lowest BCUT2D eigenvalue weighted by Crippen LogP contribution is -2.37. The number of hydrogen-bond donors (Lipinski definition) is 1. The van der Waals surface area contributed by atoms with Gasteiger partial charge in [-0.3, -0.25) is 4.79 Å². The largest absolute Gasteiger partial charge is 0.493 e. The molecule has 0 atom stereocenters. The topological polar surface area (TPSA) is 73.9 Å². The van der Waals surface area contributed by atoms with Crippen LogP contribution in [0.25, 0.3) is 6.08 Å². The molecule has 0 unspecified atom stereocenters.